The molecule has 0 aliphatic heterocycles. The van der Waals surface area contributed by atoms with E-state index in [1.54, 1.807) is 24.1 Å². The van der Waals surface area contributed by atoms with Gasteiger partial charge in [0.25, 0.3) is 0 Å². The quantitative estimate of drug-likeness (QED) is 0.662. The number of benzene rings is 1. The van der Waals surface area contributed by atoms with Crippen molar-refractivity contribution in [3.05, 3.63) is 40.1 Å². The van der Waals surface area contributed by atoms with E-state index < -0.39 is 0 Å². The van der Waals surface area contributed by atoms with Gasteiger partial charge in [0.2, 0.25) is 11.1 Å². The predicted molar refractivity (Wildman–Crippen MR) is 83.8 cm³/mol. The zero-order valence-electron chi connectivity index (χ0n) is 11.2. The highest BCUT2D eigenvalue weighted by molar-refractivity contribution is 7.99. The van der Waals surface area contributed by atoms with Crippen molar-refractivity contribution in [3.63, 3.8) is 0 Å². The van der Waals surface area contributed by atoms with Crippen molar-refractivity contribution >= 4 is 40.9 Å². The fourth-order valence-electron chi connectivity index (χ4n) is 1.57. The van der Waals surface area contributed by atoms with Crippen molar-refractivity contribution in [2.45, 2.75) is 11.7 Å². The zero-order valence-corrected chi connectivity index (χ0v) is 13.5. The van der Waals surface area contributed by atoms with Gasteiger partial charge in [0.05, 0.1) is 15.8 Å². The van der Waals surface area contributed by atoms with E-state index in [1.807, 2.05) is 6.07 Å². The van der Waals surface area contributed by atoms with Gasteiger partial charge in [-0.05, 0) is 17.7 Å². The monoisotopic (exact) mass is 345 g/mol. The maximum Gasteiger partial charge on any atom is 0.233 e. The van der Waals surface area contributed by atoms with E-state index in [4.69, 9.17) is 29.0 Å². The second-order valence-corrected chi connectivity index (χ2v) is 6.06. The van der Waals surface area contributed by atoms with Crippen LogP contribution in [-0.2, 0) is 11.3 Å². The Bertz CT molecular complexity index is 648. The molecule has 0 saturated carbocycles. The summed E-state index contributed by atoms with van der Waals surface area (Å²) in [6.45, 7) is 0.450. The summed E-state index contributed by atoms with van der Waals surface area (Å²) in [5, 5.41) is 8.90. The van der Waals surface area contributed by atoms with Crippen molar-refractivity contribution in [1.29, 1.82) is 0 Å². The lowest BCUT2D eigenvalue weighted by molar-refractivity contribution is -0.127. The van der Waals surface area contributed by atoms with E-state index in [9.17, 15) is 4.79 Å². The predicted octanol–water partition coefficient (Wildman–Crippen LogP) is 2.05. The Labute approximate surface area is 136 Å². The molecule has 0 fully saturated rings. The number of carbonyl (C=O) groups excluding carboxylic acids is 1. The number of halogens is 2. The molecule has 0 saturated heterocycles. The molecule has 0 spiro atoms. The molecular weight excluding hydrogens is 333 g/mol. The zero-order chi connectivity index (χ0) is 15.4. The first-order chi connectivity index (χ1) is 9.97. The van der Waals surface area contributed by atoms with Crippen LogP contribution in [0.3, 0.4) is 0 Å². The number of amides is 1. The van der Waals surface area contributed by atoms with Gasteiger partial charge in [-0.1, -0.05) is 41.0 Å². The molecule has 112 valence electrons. The molecule has 2 N–H and O–H groups in total. The van der Waals surface area contributed by atoms with Crippen molar-refractivity contribution in [2.75, 3.05) is 18.6 Å². The molecule has 2 rings (SSSR count). The van der Waals surface area contributed by atoms with Crippen LogP contribution in [0.4, 0.5) is 0 Å². The second kappa shape index (κ2) is 7.02. The van der Waals surface area contributed by atoms with E-state index >= 15 is 0 Å². The summed E-state index contributed by atoms with van der Waals surface area (Å²) in [5.41, 5.74) is 0.909. The fourth-order valence-corrected chi connectivity index (χ4v) is 2.67. The lowest BCUT2D eigenvalue weighted by Gasteiger charge is -2.17. The van der Waals surface area contributed by atoms with E-state index in [-0.39, 0.29) is 11.7 Å². The second-order valence-electron chi connectivity index (χ2n) is 4.31. The third kappa shape index (κ3) is 4.26. The first-order valence-corrected chi connectivity index (χ1v) is 7.67. The maximum atomic E-state index is 12.1. The maximum absolute atomic E-state index is 12.1. The van der Waals surface area contributed by atoms with E-state index in [0.717, 1.165) is 5.56 Å². The molecule has 2 aromatic rings. The van der Waals surface area contributed by atoms with Crippen molar-refractivity contribution in [2.24, 2.45) is 0 Å². The summed E-state index contributed by atoms with van der Waals surface area (Å²) in [5.74, 6) is 5.76. The van der Waals surface area contributed by atoms with Crippen LogP contribution in [0.2, 0.25) is 10.0 Å². The molecule has 21 heavy (non-hydrogen) atoms. The van der Waals surface area contributed by atoms with Crippen LogP contribution < -0.4 is 5.84 Å². The highest BCUT2D eigenvalue weighted by atomic mass is 35.5. The van der Waals surface area contributed by atoms with Crippen molar-refractivity contribution in [1.82, 2.24) is 19.8 Å². The highest BCUT2D eigenvalue weighted by Crippen LogP contribution is 2.23. The molecule has 0 aliphatic carbocycles. The van der Waals surface area contributed by atoms with Gasteiger partial charge >= 0.3 is 0 Å². The molecule has 0 bridgehead atoms. The molecule has 9 heteroatoms. The Morgan fingerprint density at radius 2 is 2.19 bits per heavy atom. The third-order valence-electron chi connectivity index (χ3n) is 2.69. The Morgan fingerprint density at radius 1 is 1.43 bits per heavy atom. The summed E-state index contributed by atoms with van der Waals surface area (Å²) in [6, 6.07) is 5.29. The number of hydrogen-bond donors (Lipinski definition) is 1. The van der Waals surface area contributed by atoms with E-state index in [1.165, 1.54) is 22.8 Å². The van der Waals surface area contributed by atoms with Gasteiger partial charge in [0.1, 0.15) is 6.33 Å². The van der Waals surface area contributed by atoms with Gasteiger partial charge in [-0.15, -0.1) is 10.2 Å². The molecule has 0 aliphatic rings. The number of nitrogen functional groups attached to an aromatic ring is 1. The van der Waals surface area contributed by atoms with E-state index in [2.05, 4.69) is 10.2 Å². The minimum absolute atomic E-state index is 0.0472. The number of nitrogens with two attached hydrogens (primary N) is 1. The van der Waals surface area contributed by atoms with Gasteiger partial charge in [-0.25, -0.2) is 4.68 Å². The molecular formula is C12H13Cl2N5OS. The number of aromatic nitrogens is 3. The van der Waals surface area contributed by atoms with Gasteiger partial charge in [0, 0.05) is 13.6 Å². The molecule has 0 atom stereocenters. The highest BCUT2D eigenvalue weighted by Gasteiger charge is 2.12. The lowest BCUT2D eigenvalue weighted by Crippen LogP contribution is -2.28. The Kier molecular flexibility index (Phi) is 5.33. The minimum Gasteiger partial charge on any atom is -0.341 e. The van der Waals surface area contributed by atoms with Gasteiger partial charge in [-0.2, -0.15) is 0 Å². The fraction of sp³-hybridized carbons (Fsp3) is 0.250. The summed E-state index contributed by atoms with van der Waals surface area (Å²) in [4.78, 5) is 13.7. The van der Waals surface area contributed by atoms with Crippen molar-refractivity contribution < 1.29 is 4.79 Å². The molecule has 6 nitrogen and oxygen atoms in total. The van der Waals surface area contributed by atoms with Crippen LogP contribution in [0.5, 0.6) is 0 Å². The Morgan fingerprint density at radius 3 is 2.81 bits per heavy atom. The van der Waals surface area contributed by atoms with Gasteiger partial charge in [-0.3, -0.25) is 4.79 Å². The first-order valence-electron chi connectivity index (χ1n) is 5.93. The standard InChI is InChI=1S/C12H13Cl2N5OS/c1-18(5-8-2-3-9(13)10(14)4-8)11(20)6-21-12-17-16-7-19(12)15/h2-4,7H,5-6,15H2,1H3. The number of nitrogens with zero attached hydrogens (tertiary/aromatic N) is 4. The van der Waals surface area contributed by atoms with Crippen LogP contribution in [0.25, 0.3) is 0 Å². The summed E-state index contributed by atoms with van der Waals surface area (Å²) in [7, 11) is 1.72. The molecule has 1 aromatic heterocycles. The SMILES string of the molecule is CN(Cc1ccc(Cl)c(Cl)c1)C(=O)CSc1nncn1N. The normalized spacial score (nSPS) is 10.6. The Hall–Kier alpha value is -1.44. The van der Waals surface area contributed by atoms with Crippen LogP contribution in [0.15, 0.2) is 29.7 Å². The smallest absolute Gasteiger partial charge is 0.233 e. The van der Waals surface area contributed by atoms with Gasteiger partial charge < -0.3 is 10.7 Å². The molecule has 1 heterocycles. The first kappa shape index (κ1) is 15.9. The summed E-state index contributed by atoms with van der Waals surface area (Å²) < 4.78 is 1.27. The number of carbonyl (C=O) groups is 1. The molecule has 0 radical (unpaired) electrons. The summed E-state index contributed by atoms with van der Waals surface area (Å²) >= 11 is 13.0. The Balaban J connectivity index is 1.90. The number of thioether (sulfide) groups is 1. The lowest BCUT2D eigenvalue weighted by atomic mass is 10.2. The summed E-state index contributed by atoms with van der Waals surface area (Å²) in [6.07, 6.45) is 1.38. The van der Waals surface area contributed by atoms with Crippen molar-refractivity contribution in [3.8, 4) is 0 Å². The molecule has 1 amide bonds. The topological polar surface area (TPSA) is 77.0 Å². The molecule has 1 aromatic carbocycles. The average molecular weight is 346 g/mol. The van der Waals surface area contributed by atoms with Crippen LogP contribution in [-0.4, -0.2) is 38.5 Å². The van der Waals surface area contributed by atoms with E-state index in [0.29, 0.717) is 21.7 Å². The van der Waals surface area contributed by atoms with Gasteiger partial charge in [0.15, 0.2) is 0 Å². The third-order valence-corrected chi connectivity index (χ3v) is 4.38. The largest absolute Gasteiger partial charge is 0.341 e. The number of rotatable bonds is 5. The van der Waals surface area contributed by atoms with Crippen LogP contribution in [0.1, 0.15) is 5.56 Å². The number of hydrogen-bond acceptors (Lipinski definition) is 5. The minimum atomic E-state index is -0.0472. The van der Waals surface area contributed by atoms with Crippen LogP contribution in [0, 0.1) is 0 Å². The molecule has 0 unspecified atom stereocenters. The average Bonchev–Trinajstić information content (AvgIpc) is 2.85. The van der Waals surface area contributed by atoms with Crippen LogP contribution >= 0.6 is 35.0 Å².